The van der Waals surface area contributed by atoms with Gasteiger partial charge in [-0.1, -0.05) is 0 Å². The Kier molecular flexibility index (Phi) is 7.75. The lowest BCUT2D eigenvalue weighted by Crippen LogP contribution is -2.42. The van der Waals surface area contributed by atoms with Crippen molar-refractivity contribution in [2.75, 3.05) is 26.7 Å². The van der Waals surface area contributed by atoms with E-state index in [2.05, 4.69) is 15.6 Å². The number of nitrogens with one attached hydrogen (secondary N) is 2. The third-order valence-corrected chi connectivity index (χ3v) is 4.11. The molecule has 3 N–H and O–H groups in total. The third-order valence-electron chi connectivity index (χ3n) is 4.11. The fraction of sp³-hybridized carbons (Fsp3) is 0.476. The SMILES string of the molecule is CCNC(=NCC(C)(O)c1ccc(C)o1)NCC(C)Oc1ccc(OC)cc1. The molecular formula is C21H31N3O4. The number of rotatable bonds is 9. The van der Waals surface area contributed by atoms with Crippen molar-refractivity contribution in [2.45, 2.75) is 39.4 Å². The van der Waals surface area contributed by atoms with Crippen LogP contribution in [0.4, 0.5) is 0 Å². The van der Waals surface area contributed by atoms with Crippen molar-refractivity contribution < 1.29 is 19.0 Å². The van der Waals surface area contributed by atoms with Crippen LogP contribution in [0.1, 0.15) is 32.3 Å². The van der Waals surface area contributed by atoms with Crippen LogP contribution in [0, 0.1) is 6.92 Å². The second-order valence-corrected chi connectivity index (χ2v) is 6.86. The standard InChI is InChI=1S/C21H31N3O4/c1-6-22-20(24-14-21(4,25)19-12-7-15(2)28-19)23-13-16(3)27-18-10-8-17(26-5)9-11-18/h7-12,16,25H,6,13-14H2,1-5H3,(H2,22,23,24). The summed E-state index contributed by atoms with van der Waals surface area (Å²) < 4.78 is 16.6. The molecule has 154 valence electrons. The van der Waals surface area contributed by atoms with E-state index in [-0.39, 0.29) is 12.6 Å². The second kappa shape index (κ2) is 10.0. The van der Waals surface area contributed by atoms with Gasteiger partial charge in [0.15, 0.2) is 5.96 Å². The van der Waals surface area contributed by atoms with Gasteiger partial charge in [0.05, 0.1) is 20.2 Å². The number of ether oxygens (including phenoxy) is 2. The summed E-state index contributed by atoms with van der Waals surface area (Å²) in [6.45, 7) is 8.93. The van der Waals surface area contributed by atoms with Crippen LogP contribution in [0.3, 0.4) is 0 Å². The smallest absolute Gasteiger partial charge is 0.191 e. The average Bonchev–Trinajstić information content (AvgIpc) is 3.12. The summed E-state index contributed by atoms with van der Waals surface area (Å²) >= 11 is 0. The Balaban J connectivity index is 1.90. The summed E-state index contributed by atoms with van der Waals surface area (Å²) in [6, 6.07) is 11.1. The fourth-order valence-corrected chi connectivity index (χ4v) is 2.55. The minimum absolute atomic E-state index is 0.0783. The molecule has 2 atom stereocenters. The molecule has 7 nitrogen and oxygen atoms in total. The Labute approximate surface area is 166 Å². The Hall–Kier alpha value is -2.67. The zero-order valence-corrected chi connectivity index (χ0v) is 17.3. The Morgan fingerprint density at radius 1 is 1.18 bits per heavy atom. The number of methoxy groups -OCH3 is 1. The molecule has 28 heavy (non-hydrogen) atoms. The van der Waals surface area contributed by atoms with E-state index in [9.17, 15) is 5.11 Å². The van der Waals surface area contributed by atoms with Crippen LogP contribution in [0.2, 0.25) is 0 Å². The molecule has 0 bridgehead atoms. The summed E-state index contributed by atoms with van der Waals surface area (Å²) in [5.74, 6) is 3.43. The minimum Gasteiger partial charge on any atom is -0.497 e. The molecule has 0 fully saturated rings. The summed E-state index contributed by atoms with van der Waals surface area (Å²) in [4.78, 5) is 4.48. The van der Waals surface area contributed by atoms with Crippen molar-refractivity contribution in [3.8, 4) is 11.5 Å². The van der Waals surface area contributed by atoms with E-state index in [0.717, 1.165) is 17.3 Å². The van der Waals surface area contributed by atoms with Gasteiger partial charge in [0.2, 0.25) is 0 Å². The number of aliphatic imine (C=N–C) groups is 1. The van der Waals surface area contributed by atoms with Gasteiger partial charge in [0, 0.05) is 6.54 Å². The number of guanidine groups is 1. The van der Waals surface area contributed by atoms with Gasteiger partial charge in [-0.05, 0) is 64.1 Å². The molecule has 0 aliphatic heterocycles. The van der Waals surface area contributed by atoms with Gasteiger partial charge in [-0.3, -0.25) is 0 Å². The first kappa shape index (κ1) is 21.6. The van der Waals surface area contributed by atoms with Gasteiger partial charge < -0.3 is 29.6 Å². The third kappa shape index (κ3) is 6.49. The lowest BCUT2D eigenvalue weighted by atomic mass is 10.0. The fourth-order valence-electron chi connectivity index (χ4n) is 2.55. The molecule has 0 amide bonds. The average molecular weight is 389 g/mol. The maximum atomic E-state index is 10.6. The van der Waals surface area contributed by atoms with Gasteiger partial charge in [0.1, 0.15) is 34.7 Å². The molecule has 0 spiro atoms. The van der Waals surface area contributed by atoms with Crippen LogP contribution < -0.4 is 20.1 Å². The van der Waals surface area contributed by atoms with E-state index in [1.54, 1.807) is 20.1 Å². The number of aliphatic hydroxyl groups is 1. The highest BCUT2D eigenvalue weighted by Crippen LogP contribution is 2.23. The molecule has 0 saturated carbocycles. The number of aryl methyl sites for hydroxylation is 1. The van der Waals surface area contributed by atoms with Crippen molar-refractivity contribution in [1.29, 1.82) is 0 Å². The topological polar surface area (TPSA) is 88.3 Å². The van der Waals surface area contributed by atoms with Gasteiger partial charge >= 0.3 is 0 Å². The first-order valence-electron chi connectivity index (χ1n) is 9.46. The molecule has 0 saturated heterocycles. The van der Waals surface area contributed by atoms with Crippen LogP contribution in [-0.4, -0.2) is 43.9 Å². The molecule has 1 heterocycles. The molecule has 0 aliphatic rings. The van der Waals surface area contributed by atoms with Crippen LogP contribution in [0.25, 0.3) is 0 Å². The molecule has 2 aromatic rings. The van der Waals surface area contributed by atoms with Gasteiger partial charge in [-0.25, -0.2) is 4.99 Å². The molecule has 0 aliphatic carbocycles. The summed E-state index contributed by atoms with van der Waals surface area (Å²) in [5.41, 5.74) is -1.18. The molecule has 7 heteroatoms. The zero-order valence-electron chi connectivity index (χ0n) is 17.3. The minimum atomic E-state index is -1.18. The van der Waals surface area contributed by atoms with E-state index in [4.69, 9.17) is 13.9 Å². The van der Waals surface area contributed by atoms with E-state index in [0.29, 0.717) is 24.8 Å². The highest BCUT2D eigenvalue weighted by atomic mass is 16.5. The number of furan rings is 1. The maximum Gasteiger partial charge on any atom is 0.191 e. The first-order valence-corrected chi connectivity index (χ1v) is 9.46. The number of benzene rings is 1. The van der Waals surface area contributed by atoms with E-state index < -0.39 is 5.60 Å². The van der Waals surface area contributed by atoms with Crippen molar-refractivity contribution in [3.05, 3.63) is 47.9 Å². The lowest BCUT2D eigenvalue weighted by Gasteiger charge is -2.21. The van der Waals surface area contributed by atoms with Crippen molar-refractivity contribution in [3.63, 3.8) is 0 Å². The predicted molar refractivity (Wildman–Crippen MR) is 110 cm³/mol. The molecule has 1 aromatic heterocycles. The van der Waals surface area contributed by atoms with Crippen molar-refractivity contribution >= 4 is 5.96 Å². The molecule has 2 unspecified atom stereocenters. The van der Waals surface area contributed by atoms with Gasteiger partial charge in [-0.2, -0.15) is 0 Å². The Morgan fingerprint density at radius 3 is 2.43 bits per heavy atom. The van der Waals surface area contributed by atoms with E-state index in [1.807, 2.05) is 51.1 Å². The van der Waals surface area contributed by atoms with Gasteiger partial charge in [0.25, 0.3) is 0 Å². The summed E-state index contributed by atoms with van der Waals surface area (Å²) in [7, 11) is 1.63. The molecule has 2 rings (SSSR count). The lowest BCUT2D eigenvalue weighted by molar-refractivity contribution is 0.0428. The second-order valence-electron chi connectivity index (χ2n) is 6.86. The monoisotopic (exact) mass is 389 g/mol. The molecule has 0 radical (unpaired) electrons. The van der Waals surface area contributed by atoms with Crippen molar-refractivity contribution in [1.82, 2.24) is 10.6 Å². The number of hydrogen-bond acceptors (Lipinski definition) is 5. The van der Waals surface area contributed by atoms with Crippen LogP contribution in [0.15, 0.2) is 45.8 Å². The Morgan fingerprint density at radius 2 is 1.86 bits per heavy atom. The largest absolute Gasteiger partial charge is 0.497 e. The molecule has 1 aromatic carbocycles. The van der Waals surface area contributed by atoms with E-state index in [1.165, 1.54) is 0 Å². The zero-order chi connectivity index (χ0) is 20.6. The first-order chi connectivity index (χ1) is 13.3. The van der Waals surface area contributed by atoms with Crippen LogP contribution >= 0.6 is 0 Å². The highest BCUT2D eigenvalue weighted by Gasteiger charge is 2.26. The predicted octanol–water partition coefficient (Wildman–Crippen LogP) is 2.83. The number of hydrogen-bond donors (Lipinski definition) is 3. The maximum absolute atomic E-state index is 10.6. The van der Waals surface area contributed by atoms with Crippen LogP contribution in [0.5, 0.6) is 11.5 Å². The van der Waals surface area contributed by atoms with Crippen molar-refractivity contribution in [2.24, 2.45) is 4.99 Å². The summed E-state index contributed by atoms with van der Waals surface area (Å²) in [5, 5.41) is 17.1. The Bertz CT molecular complexity index is 753. The number of nitrogens with zero attached hydrogens (tertiary/aromatic N) is 1. The van der Waals surface area contributed by atoms with Gasteiger partial charge in [-0.15, -0.1) is 0 Å². The van der Waals surface area contributed by atoms with E-state index >= 15 is 0 Å². The normalized spacial score (nSPS) is 14.9. The highest BCUT2D eigenvalue weighted by molar-refractivity contribution is 5.79. The molecular weight excluding hydrogens is 358 g/mol. The van der Waals surface area contributed by atoms with Crippen LogP contribution in [-0.2, 0) is 5.60 Å². The summed E-state index contributed by atoms with van der Waals surface area (Å²) in [6.07, 6.45) is -0.0783. The quantitative estimate of drug-likeness (QED) is 0.451.